The molecular weight excluding hydrogens is 242 g/mol. The second-order valence-electron chi connectivity index (χ2n) is 4.31. The Balaban J connectivity index is 2.03. The van der Waals surface area contributed by atoms with Gasteiger partial charge in [0, 0.05) is 10.6 Å². The lowest BCUT2D eigenvalue weighted by molar-refractivity contribution is 0.103. The molecule has 0 atom stereocenters. The van der Waals surface area contributed by atoms with Gasteiger partial charge in [-0.15, -0.1) is 11.3 Å². The number of anilines is 1. The monoisotopic (exact) mass is 259 g/mol. The Morgan fingerprint density at radius 2 is 1.89 bits per heavy atom. The van der Waals surface area contributed by atoms with Crippen molar-refractivity contribution in [3.05, 3.63) is 51.7 Å². The average Bonchev–Trinajstić information content (AvgIpc) is 2.79. The molecule has 2 nitrogen and oxygen atoms in total. The van der Waals surface area contributed by atoms with Gasteiger partial charge < -0.3 is 5.32 Å². The molecule has 0 saturated carbocycles. The summed E-state index contributed by atoms with van der Waals surface area (Å²) in [7, 11) is 0. The van der Waals surface area contributed by atoms with Crippen LogP contribution in [-0.2, 0) is 6.42 Å². The number of amides is 1. The maximum absolute atomic E-state index is 11.9. The molecular formula is C15H17NOS. The van der Waals surface area contributed by atoms with E-state index >= 15 is 0 Å². The zero-order valence-corrected chi connectivity index (χ0v) is 11.5. The standard InChI is InChI=1S/C15H17NOS/c1-3-4-12-6-8-13(9-7-12)16-15(17)14-10-5-11(2)18-14/h5-10H,3-4H2,1-2H3,(H,16,17). The van der Waals surface area contributed by atoms with Crippen molar-refractivity contribution in [1.82, 2.24) is 0 Å². The minimum atomic E-state index is -0.0312. The first-order chi connectivity index (χ1) is 8.69. The molecule has 0 unspecified atom stereocenters. The van der Waals surface area contributed by atoms with Crippen molar-refractivity contribution in [2.45, 2.75) is 26.7 Å². The fraction of sp³-hybridized carbons (Fsp3) is 0.267. The maximum Gasteiger partial charge on any atom is 0.265 e. The van der Waals surface area contributed by atoms with Crippen LogP contribution >= 0.6 is 11.3 Å². The van der Waals surface area contributed by atoms with E-state index in [0.717, 1.165) is 28.3 Å². The summed E-state index contributed by atoms with van der Waals surface area (Å²) >= 11 is 1.51. The number of aryl methyl sites for hydroxylation is 2. The van der Waals surface area contributed by atoms with E-state index in [-0.39, 0.29) is 5.91 Å². The predicted octanol–water partition coefficient (Wildman–Crippen LogP) is 4.26. The summed E-state index contributed by atoms with van der Waals surface area (Å²) in [6.07, 6.45) is 2.22. The highest BCUT2D eigenvalue weighted by Gasteiger charge is 2.07. The lowest BCUT2D eigenvalue weighted by Gasteiger charge is -2.05. The van der Waals surface area contributed by atoms with Crippen molar-refractivity contribution < 1.29 is 4.79 Å². The molecule has 1 N–H and O–H groups in total. The van der Waals surface area contributed by atoms with Gasteiger partial charge in [-0.1, -0.05) is 25.5 Å². The summed E-state index contributed by atoms with van der Waals surface area (Å²) in [4.78, 5) is 13.8. The predicted molar refractivity (Wildman–Crippen MR) is 77.4 cm³/mol. The van der Waals surface area contributed by atoms with Crippen LogP contribution in [0.3, 0.4) is 0 Å². The third-order valence-electron chi connectivity index (χ3n) is 2.71. The minimum Gasteiger partial charge on any atom is -0.321 e. The molecule has 1 amide bonds. The summed E-state index contributed by atoms with van der Waals surface area (Å²) in [6, 6.07) is 11.9. The number of nitrogens with one attached hydrogen (secondary N) is 1. The third kappa shape index (κ3) is 3.20. The molecule has 1 aromatic carbocycles. The lowest BCUT2D eigenvalue weighted by Crippen LogP contribution is -2.09. The van der Waals surface area contributed by atoms with Gasteiger partial charge in [0.2, 0.25) is 0 Å². The molecule has 0 aliphatic rings. The Labute approximate surface area is 112 Å². The summed E-state index contributed by atoms with van der Waals surface area (Å²) in [5.74, 6) is -0.0312. The smallest absolute Gasteiger partial charge is 0.265 e. The van der Waals surface area contributed by atoms with Gasteiger partial charge in [0.05, 0.1) is 4.88 Å². The Hall–Kier alpha value is -1.61. The normalized spacial score (nSPS) is 10.3. The van der Waals surface area contributed by atoms with Crippen molar-refractivity contribution in [3.63, 3.8) is 0 Å². The van der Waals surface area contributed by atoms with Gasteiger partial charge in [-0.25, -0.2) is 0 Å². The Morgan fingerprint density at radius 1 is 1.17 bits per heavy atom. The molecule has 0 radical (unpaired) electrons. The molecule has 94 valence electrons. The zero-order chi connectivity index (χ0) is 13.0. The zero-order valence-electron chi connectivity index (χ0n) is 10.7. The van der Waals surface area contributed by atoms with Crippen LogP contribution in [0.15, 0.2) is 36.4 Å². The summed E-state index contributed by atoms with van der Waals surface area (Å²) in [6.45, 7) is 4.16. The van der Waals surface area contributed by atoms with Crippen LogP contribution in [0.2, 0.25) is 0 Å². The van der Waals surface area contributed by atoms with E-state index in [1.54, 1.807) is 0 Å². The van der Waals surface area contributed by atoms with Crippen molar-refractivity contribution in [3.8, 4) is 0 Å². The van der Waals surface area contributed by atoms with Crippen LogP contribution in [0.4, 0.5) is 5.69 Å². The van der Waals surface area contributed by atoms with E-state index in [2.05, 4.69) is 24.4 Å². The highest BCUT2D eigenvalue weighted by atomic mass is 32.1. The van der Waals surface area contributed by atoms with Crippen molar-refractivity contribution in [1.29, 1.82) is 0 Å². The second-order valence-corrected chi connectivity index (χ2v) is 5.60. The fourth-order valence-electron chi connectivity index (χ4n) is 1.79. The summed E-state index contributed by atoms with van der Waals surface area (Å²) in [5, 5.41) is 2.91. The van der Waals surface area contributed by atoms with Gasteiger partial charge in [-0.3, -0.25) is 4.79 Å². The van der Waals surface area contributed by atoms with Crippen LogP contribution in [0.25, 0.3) is 0 Å². The van der Waals surface area contributed by atoms with E-state index in [1.165, 1.54) is 16.9 Å². The SMILES string of the molecule is CCCc1ccc(NC(=O)c2ccc(C)s2)cc1. The Morgan fingerprint density at radius 3 is 2.44 bits per heavy atom. The number of hydrogen-bond donors (Lipinski definition) is 1. The first kappa shape index (κ1) is 12.8. The van der Waals surface area contributed by atoms with E-state index in [1.807, 2.05) is 31.2 Å². The van der Waals surface area contributed by atoms with Gasteiger partial charge in [0.1, 0.15) is 0 Å². The largest absolute Gasteiger partial charge is 0.321 e. The maximum atomic E-state index is 11.9. The van der Waals surface area contributed by atoms with Crippen molar-refractivity contribution in [2.24, 2.45) is 0 Å². The summed E-state index contributed by atoms with van der Waals surface area (Å²) < 4.78 is 0. The Kier molecular flexibility index (Phi) is 4.15. The van der Waals surface area contributed by atoms with E-state index in [9.17, 15) is 4.79 Å². The van der Waals surface area contributed by atoms with E-state index in [0.29, 0.717) is 0 Å². The third-order valence-corrected chi connectivity index (χ3v) is 3.71. The number of benzene rings is 1. The van der Waals surface area contributed by atoms with Crippen LogP contribution in [0, 0.1) is 6.92 Å². The van der Waals surface area contributed by atoms with Crippen LogP contribution in [0.1, 0.15) is 33.5 Å². The number of hydrogen-bond acceptors (Lipinski definition) is 2. The number of rotatable bonds is 4. The lowest BCUT2D eigenvalue weighted by atomic mass is 10.1. The first-order valence-corrected chi connectivity index (χ1v) is 6.97. The van der Waals surface area contributed by atoms with Crippen molar-refractivity contribution >= 4 is 22.9 Å². The quantitative estimate of drug-likeness (QED) is 0.873. The van der Waals surface area contributed by atoms with E-state index < -0.39 is 0 Å². The van der Waals surface area contributed by atoms with Crippen LogP contribution < -0.4 is 5.32 Å². The highest BCUT2D eigenvalue weighted by molar-refractivity contribution is 7.14. The molecule has 1 heterocycles. The second kappa shape index (κ2) is 5.83. The molecule has 0 saturated heterocycles. The molecule has 2 aromatic rings. The molecule has 0 aliphatic carbocycles. The highest BCUT2D eigenvalue weighted by Crippen LogP contribution is 2.17. The number of carbonyl (C=O) groups excluding carboxylic acids is 1. The van der Waals surface area contributed by atoms with Crippen molar-refractivity contribution in [2.75, 3.05) is 5.32 Å². The van der Waals surface area contributed by atoms with Crippen LogP contribution in [-0.4, -0.2) is 5.91 Å². The molecule has 18 heavy (non-hydrogen) atoms. The average molecular weight is 259 g/mol. The minimum absolute atomic E-state index is 0.0312. The first-order valence-electron chi connectivity index (χ1n) is 6.16. The van der Waals surface area contributed by atoms with Gasteiger partial charge in [0.25, 0.3) is 5.91 Å². The van der Waals surface area contributed by atoms with Gasteiger partial charge in [0.15, 0.2) is 0 Å². The van der Waals surface area contributed by atoms with Gasteiger partial charge in [-0.05, 0) is 43.2 Å². The molecule has 0 spiro atoms. The fourth-order valence-corrected chi connectivity index (χ4v) is 2.56. The summed E-state index contributed by atoms with van der Waals surface area (Å²) in [5.41, 5.74) is 2.16. The molecule has 1 aromatic heterocycles. The molecule has 0 fully saturated rings. The Bertz CT molecular complexity index is 528. The molecule has 0 bridgehead atoms. The van der Waals surface area contributed by atoms with Gasteiger partial charge >= 0.3 is 0 Å². The molecule has 2 rings (SSSR count). The number of carbonyl (C=O) groups is 1. The molecule has 3 heteroatoms. The van der Waals surface area contributed by atoms with E-state index in [4.69, 9.17) is 0 Å². The number of thiophene rings is 1. The topological polar surface area (TPSA) is 29.1 Å². The van der Waals surface area contributed by atoms with Crippen LogP contribution in [0.5, 0.6) is 0 Å². The molecule has 0 aliphatic heterocycles. The van der Waals surface area contributed by atoms with Gasteiger partial charge in [-0.2, -0.15) is 0 Å².